The molecule has 0 saturated carbocycles. The Morgan fingerprint density at radius 2 is 1.94 bits per heavy atom. The third kappa shape index (κ3) is 5.60. The monoisotopic (exact) mass is 258 g/mol. The number of aliphatic hydroxyl groups is 1. The van der Waals surface area contributed by atoms with Crippen molar-refractivity contribution in [1.29, 1.82) is 0 Å². The molecule has 0 fully saturated rings. The van der Waals surface area contributed by atoms with Crippen LogP contribution in [0.2, 0.25) is 0 Å². The molecular formula is C13H13F3O2. The number of ether oxygens (including phenoxy) is 1. The number of aliphatic hydroxyl groups excluding tert-OH is 1. The molecule has 0 heterocycles. The molecule has 2 nitrogen and oxygen atoms in total. The van der Waals surface area contributed by atoms with Gasteiger partial charge in [-0.3, -0.25) is 0 Å². The molecule has 0 saturated heterocycles. The van der Waals surface area contributed by atoms with Crippen LogP contribution in [0.5, 0.6) is 5.75 Å². The first-order valence-corrected chi connectivity index (χ1v) is 5.41. The van der Waals surface area contributed by atoms with Gasteiger partial charge in [0, 0.05) is 6.42 Å². The first-order valence-electron chi connectivity index (χ1n) is 5.41. The van der Waals surface area contributed by atoms with Crippen molar-refractivity contribution in [2.75, 3.05) is 13.2 Å². The summed E-state index contributed by atoms with van der Waals surface area (Å²) in [5.74, 6) is 5.77. The van der Waals surface area contributed by atoms with Crippen LogP contribution >= 0.6 is 0 Å². The summed E-state index contributed by atoms with van der Waals surface area (Å²) in [6.45, 7) is -0.480. The molecule has 98 valence electrons. The Morgan fingerprint density at radius 1 is 1.22 bits per heavy atom. The molecule has 5 heteroatoms. The molecule has 0 spiro atoms. The minimum absolute atomic E-state index is 0.0515. The van der Waals surface area contributed by atoms with Gasteiger partial charge in [-0.05, 0) is 12.1 Å². The summed E-state index contributed by atoms with van der Waals surface area (Å²) in [5, 5.41) is 8.59. The molecule has 0 aliphatic carbocycles. The molecule has 0 aliphatic heterocycles. The fourth-order valence-corrected chi connectivity index (χ4v) is 1.19. The van der Waals surface area contributed by atoms with Crippen LogP contribution in [-0.2, 0) is 0 Å². The van der Waals surface area contributed by atoms with Crippen molar-refractivity contribution < 1.29 is 23.0 Å². The van der Waals surface area contributed by atoms with Crippen molar-refractivity contribution >= 4 is 0 Å². The summed E-state index contributed by atoms with van der Waals surface area (Å²) in [6, 6.07) is 6.62. The highest BCUT2D eigenvalue weighted by atomic mass is 19.4. The Balaban J connectivity index is 2.63. The van der Waals surface area contributed by atoms with Crippen LogP contribution < -0.4 is 4.74 Å². The van der Waals surface area contributed by atoms with Crippen LogP contribution in [-0.4, -0.2) is 24.5 Å². The lowest BCUT2D eigenvalue weighted by Crippen LogP contribution is -2.13. The first-order chi connectivity index (χ1) is 8.53. The molecule has 18 heavy (non-hydrogen) atoms. The zero-order valence-corrected chi connectivity index (χ0v) is 9.63. The van der Waals surface area contributed by atoms with Gasteiger partial charge >= 0.3 is 6.18 Å². The van der Waals surface area contributed by atoms with Gasteiger partial charge in [-0.25, -0.2) is 0 Å². The standard InChI is InChI=1S/C13H13F3O2/c14-13(15,16)8-10-18-12-7-2-1-5-11(12)6-3-4-9-17/h1-2,5,7,17H,4,8-10H2. The summed E-state index contributed by atoms with van der Waals surface area (Å²) < 4.78 is 41.0. The maximum absolute atomic E-state index is 12.0. The summed E-state index contributed by atoms with van der Waals surface area (Å²) in [5.41, 5.74) is 0.521. The van der Waals surface area contributed by atoms with E-state index in [2.05, 4.69) is 11.8 Å². The van der Waals surface area contributed by atoms with Crippen LogP contribution in [0.3, 0.4) is 0 Å². The van der Waals surface area contributed by atoms with Crippen LogP contribution in [0.4, 0.5) is 13.2 Å². The zero-order chi connectivity index (χ0) is 13.4. The Labute approximate surface area is 103 Å². The van der Waals surface area contributed by atoms with E-state index >= 15 is 0 Å². The fraction of sp³-hybridized carbons (Fsp3) is 0.385. The van der Waals surface area contributed by atoms with Crippen molar-refractivity contribution in [2.24, 2.45) is 0 Å². The van der Waals surface area contributed by atoms with Crippen molar-refractivity contribution in [3.05, 3.63) is 29.8 Å². The van der Waals surface area contributed by atoms with E-state index < -0.39 is 19.2 Å². The molecule has 0 amide bonds. The highest BCUT2D eigenvalue weighted by Crippen LogP contribution is 2.22. The highest BCUT2D eigenvalue weighted by Gasteiger charge is 2.26. The van der Waals surface area contributed by atoms with Crippen LogP contribution in [0.15, 0.2) is 24.3 Å². The van der Waals surface area contributed by atoms with Crippen molar-refractivity contribution in [2.45, 2.75) is 19.0 Å². The van der Waals surface area contributed by atoms with E-state index in [1.54, 1.807) is 24.3 Å². The topological polar surface area (TPSA) is 29.5 Å². The van der Waals surface area contributed by atoms with Gasteiger partial charge in [0.15, 0.2) is 0 Å². The molecular weight excluding hydrogens is 245 g/mol. The zero-order valence-electron chi connectivity index (χ0n) is 9.63. The van der Waals surface area contributed by atoms with E-state index in [-0.39, 0.29) is 6.61 Å². The minimum Gasteiger partial charge on any atom is -0.492 e. The van der Waals surface area contributed by atoms with E-state index in [1.165, 1.54) is 0 Å². The van der Waals surface area contributed by atoms with Gasteiger partial charge in [0.2, 0.25) is 0 Å². The van der Waals surface area contributed by atoms with Crippen LogP contribution in [0.25, 0.3) is 0 Å². The molecule has 1 aromatic rings. The summed E-state index contributed by atoms with van der Waals surface area (Å²) >= 11 is 0. The Kier molecular flexibility index (Phi) is 5.53. The predicted molar refractivity (Wildman–Crippen MR) is 61.2 cm³/mol. The molecule has 1 aromatic carbocycles. The van der Waals surface area contributed by atoms with Gasteiger partial charge in [-0.1, -0.05) is 24.0 Å². The summed E-state index contributed by atoms with van der Waals surface area (Å²) in [7, 11) is 0. The first kappa shape index (κ1) is 14.4. The lowest BCUT2D eigenvalue weighted by atomic mass is 10.2. The second kappa shape index (κ2) is 6.92. The smallest absolute Gasteiger partial charge is 0.392 e. The molecule has 1 rings (SSSR count). The lowest BCUT2D eigenvalue weighted by Gasteiger charge is -2.09. The number of benzene rings is 1. The SMILES string of the molecule is OCCC#Cc1ccccc1OCCC(F)(F)F. The van der Waals surface area contributed by atoms with E-state index in [1.807, 2.05) is 0 Å². The molecule has 0 atom stereocenters. The summed E-state index contributed by atoms with van der Waals surface area (Å²) in [4.78, 5) is 0. The Hall–Kier alpha value is -1.67. The number of rotatable bonds is 4. The molecule has 0 aliphatic rings. The predicted octanol–water partition coefficient (Wildman–Crippen LogP) is 2.75. The number of hydrogen-bond acceptors (Lipinski definition) is 2. The number of halogens is 3. The largest absolute Gasteiger partial charge is 0.492 e. The molecule has 1 N–H and O–H groups in total. The molecule has 0 aromatic heterocycles. The van der Waals surface area contributed by atoms with E-state index in [0.717, 1.165) is 0 Å². The van der Waals surface area contributed by atoms with E-state index in [4.69, 9.17) is 9.84 Å². The molecule has 0 bridgehead atoms. The summed E-state index contributed by atoms with van der Waals surface area (Å²) in [6.07, 6.45) is -4.90. The average Bonchev–Trinajstić information content (AvgIpc) is 2.30. The number of alkyl halides is 3. The van der Waals surface area contributed by atoms with Gasteiger partial charge < -0.3 is 9.84 Å². The average molecular weight is 258 g/mol. The van der Waals surface area contributed by atoms with Crippen molar-refractivity contribution in [1.82, 2.24) is 0 Å². The van der Waals surface area contributed by atoms with Gasteiger partial charge in [0.05, 0.1) is 25.2 Å². The Morgan fingerprint density at radius 3 is 2.61 bits per heavy atom. The van der Waals surface area contributed by atoms with Crippen molar-refractivity contribution in [3.8, 4) is 17.6 Å². The molecule has 0 radical (unpaired) electrons. The molecule has 0 unspecified atom stereocenters. The minimum atomic E-state index is -4.22. The van der Waals surface area contributed by atoms with Gasteiger partial charge in [-0.2, -0.15) is 13.2 Å². The van der Waals surface area contributed by atoms with Crippen molar-refractivity contribution in [3.63, 3.8) is 0 Å². The number of hydrogen-bond donors (Lipinski definition) is 1. The van der Waals surface area contributed by atoms with Crippen LogP contribution in [0, 0.1) is 11.8 Å². The van der Waals surface area contributed by atoms with Crippen LogP contribution in [0.1, 0.15) is 18.4 Å². The maximum atomic E-state index is 12.0. The second-order valence-electron chi connectivity index (χ2n) is 3.49. The second-order valence-corrected chi connectivity index (χ2v) is 3.49. The van der Waals surface area contributed by atoms with E-state index in [0.29, 0.717) is 17.7 Å². The quantitative estimate of drug-likeness (QED) is 0.841. The lowest BCUT2D eigenvalue weighted by molar-refractivity contribution is -0.139. The highest BCUT2D eigenvalue weighted by molar-refractivity contribution is 5.45. The normalized spacial score (nSPS) is 10.7. The fourth-order valence-electron chi connectivity index (χ4n) is 1.19. The number of para-hydroxylation sites is 1. The van der Waals surface area contributed by atoms with E-state index in [9.17, 15) is 13.2 Å². The van der Waals surface area contributed by atoms with Gasteiger partial charge in [0.1, 0.15) is 5.75 Å². The maximum Gasteiger partial charge on any atom is 0.392 e. The van der Waals surface area contributed by atoms with Gasteiger partial charge in [-0.15, -0.1) is 0 Å². The third-order valence-corrected chi connectivity index (χ3v) is 1.99. The Bertz CT molecular complexity index is 430. The third-order valence-electron chi connectivity index (χ3n) is 1.99. The van der Waals surface area contributed by atoms with Gasteiger partial charge in [0.25, 0.3) is 0 Å².